The van der Waals surface area contributed by atoms with Gasteiger partial charge in [-0.1, -0.05) is 46.9 Å². The monoisotopic (exact) mass is 334 g/mol. The van der Waals surface area contributed by atoms with E-state index in [0.717, 1.165) is 5.56 Å². The lowest BCUT2D eigenvalue weighted by atomic mass is 10.0. The van der Waals surface area contributed by atoms with Crippen molar-refractivity contribution in [2.75, 3.05) is 0 Å². The Morgan fingerprint density at radius 2 is 1.94 bits per heavy atom. The largest absolute Gasteiger partial charge is 0.265 e. The fraction of sp³-hybridized carbons (Fsp3) is 0.143. The highest BCUT2D eigenvalue weighted by Gasteiger charge is 2.07. The maximum Gasteiger partial charge on any atom is 0.0636 e. The molecular formula is C14H11IN2. The maximum atomic E-state index is 8.72. The van der Waals surface area contributed by atoms with Gasteiger partial charge in [-0.15, -0.1) is 0 Å². The average Bonchev–Trinajstić information content (AvgIpc) is 2.40. The molecule has 0 aliphatic carbocycles. The van der Waals surface area contributed by atoms with Crippen LogP contribution in [0.15, 0.2) is 48.8 Å². The van der Waals surface area contributed by atoms with Gasteiger partial charge in [0.15, 0.2) is 0 Å². The molecular weight excluding hydrogens is 323 g/mol. The first kappa shape index (κ1) is 12.1. The van der Waals surface area contributed by atoms with E-state index in [1.54, 1.807) is 12.4 Å². The fourth-order valence-electron chi connectivity index (χ4n) is 1.66. The van der Waals surface area contributed by atoms with Gasteiger partial charge in [0.2, 0.25) is 0 Å². The predicted octanol–water partition coefficient (Wildman–Crippen LogP) is 4.14. The van der Waals surface area contributed by atoms with Gasteiger partial charge in [0.1, 0.15) is 0 Å². The molecule has 1 aromatic carbocycles. The average molecular weight is 334 g/mol. The van der Waals surface area contributed by atoms with Gasteiger partial charge >= 0.3 is 0 Å². The molecule has 0 N–H and O–H groups in total. The van der Waals surface area contributed by atoms with E-state index in [2.05, 4.69) is 51.8 Å². The van der Waals surface area contributed by atoms with Gasteiger partial charge in [-0.2, -0.15) is 5.26 Å². The van der Waals surface area contributed by atoms with Gasteiger partial charge in [0.05, 0.1) is 12.5 Å². The Labute approximate surface area is 114 Å². The SMILES string of the molecule is N#CCC(I)c1cccc(-c2ccncc2)c1. The molecule has 84 valence electrons. The Balaban J connectivity index is 2.33. The number of hydrogen-bond donors (Lipinski definition) is 0. The van der Waals surface area contributed by atoms with Crippen LogP contribution in [0.1, 0.15) is 15.9 Å². The second-order valence-electron chi connectivity index (χ2n) is 3.69. The van der Waals surface area contributed by atoms with Gasteiger partial charge in [-0.3, -0.25) is 4.98 Å². The summed E-state index contributed by atoms with van der Waals surface area (Å²) in [7, 11) is 0. The van der Waals surface area contributed by atoms with Crippen LogP contribution in [0.3, 0.4) is 0 Å². The summed E-state index contributed by atoms with van der Waals surface area (Å²) >= 11 is 2.31. The van der Waals surface area contributed by atoms with Crippen molar-refractivity contribution in [3.05, 3.63) is 54.4 Å². The fourth-order valence-corrected chi connectivity index (χ4v) is 2.24. The van der Waals surface area contributed by atoms with Gasteiger partial charge in [-0.25, -0.2) is 0 Å². The van der Waals surface area contributed by atoms with Crippen LogP contribution in [-0.4, -0.2) is 4.98 Å². The highest BCUT2D eigenvalue weighted by Crippen LogP contribution is 2.29. The number of benzene rings is 1. The van der Waals surface area contributed by atoms with Crippen molar-refractivity contribution in [3.63, 3.8) is 0 Å². The maximum absolute atomic E-state index is 8.72. The molecule has 2 nitrogen and oxygen atoms in total. The first-order valence-electron chi connectivity index (χ1n) is 5.32. The summed E-state index contributed by atoms with van der Waals surface area (Å²) in [5.74, 6) is 0. The minimum atomic E-state index is 0.249. The first-order valence-corrected chi connectivity index (χ1v) is 6.57. The van der Waals surface area contributed by atoms with E-state index in [-0.39, 0.29) is 3.92 Å². The Hall–Kier alpha value is -1.41. The number of nitriles is 1. The second kappa shape index (κ2) is 5.78. The third kappa shape index (κ3) is 3.04. The lowest BCUT2D eigenvalue weighted by Crippen LogP contribution is -1.89. The number of aromatic nitrogens is 1. The van der Waals surface area contributed by atoms with Crippen LogP contribution in [0.25, 0.3) is 11.1 Å². The van der Waals surface area contributed by atoms with Crippen molar-refractivity contribution in [1.29, 1.82) is 5.26 Å². The topological polar surface area (TPSA) is 36.7 Å². The van der Waals surface area contributed by atoms with E-state index in [0.29, 0.717) is 6.42 Å². The molecule has 0 spiro atoms. The Morgan fingerprint density at radius 3 is 2.65 bits per heavy atom. The number of rotatable bonds is 3. The molecule has 0 amide bonds. The van der Waals surface area contributed by atoms with Gasteiger partial charge in [0, 0.05) is 16.3 Å². The number of nitrogens with zero attached hydrogens (tertiary/aromatic N) is 2. The second-order valence-corrected chi connectivity index (χ2v) is 5.19. The van der Waals surface area contributed by atoms with Crippen LogP contribution in [-0.2, 0) is 0 Å². The minimum Gasteiger partial charge on any atom is -0.265 e. The number of alkyl halides is 1. The molecule has 0 aliphatic heterocycles. The summed E-state index contributed by atoms with van der Waals surface area (Å²) in [6.07, 6.45) is 4.12. The van der Waals surface area contributed by atoms with Crippen LogP contribution in [0, 0.1) is 11.3 Å². The van der Waals surface area contributed by atoms with Gasteiger partial charge in [-0.05, 0) is 28.8 Å². The number of halogens is 1. The normalized spacial score (nSPS) is 11.8. The third-order valence-corrected chi connectivity index (χ3v) is 3.69. The van der Waals surface area contributed by atoms with Gasteiger partial charge < -0.3 is 0 Å². The molecule has 0 aliphatic rings. The summed E-state index contributed by atoms with van der Waals surface area (Å²) in [6.45, 7) is 0. The highest BCUT2D eigenvalue weighted by molar-refractivity contribution is 14.1. The Morgan fingerprint density at radius 1 is 1.18 bits per heavy atom. The lowest BCUT2D eigenvalue weighted by Gasteiger charge is -2.08. The lowest BCUT2D eigenvalue weighted by molar-refractivity contribution is 1.02. The van der Waals surface area contributed by atoms with Crippen molar-refractivity contribution >= 4 is 22.6 Å². The molecule has 2 rings (SSSR count). The van der Waals surface area contributed by atoms with Crippen molar-refractivity contribution in [3.8, 4) is 17.2 Å². The Kier molecular flexibility index (Phi) is 4.10. The van der Waals surface area contributed by atoms with Crippen LogP contribution in [0.4, 0.5) is 0 Å². The molecule has 1 atom stereocenters. The van der Waals surface area contributed by atoms with Gasteiger partial charge in [0.25, 0.3) is 0 Å². The highest BCUT2D eigenvalue weighted by atomic mass is 127. The standard InChI is InChI=1S/C14H11IN2/c15-14(4-7-16)13-3-1-2-12(10-13)11-5-8-17-9-6-11/h1-3,5-6,8-10,14H,4H2. The van der Waals surface area contributed by atoms with Crippen molar-refractivity contribution in [2.24, 2.45) is 0 Å². The molecule has 1 unspecified atom stereocenters. The summed E-state index contributed by atoms with van der Waals surface area (Å²) < 4.78 is 0.249. The van der Waals surface area contributed by atoms with Crippen molar-refractivity contribution < 1.29 is 0 Å². The van der Waals surface area contributed by atoms with Crippen LogP contribution in [0.2, 0.25) is 0 Å². The summed E-state index contributed by atoms with van der Waals surface area (Å²) in [5, 5.41) is 8.72. The predicted molar refractivity (Wildman–Crippen MR) is 76.7 cm³/mol. The molecule has 0 bridgehead atoms. The number of pyridine rings is 1. The van der Waals surface area contributed by atoms with Crippen LogP contribution < -0.4 is 0 Å². The minimum absolute atomic E-state index is 0.249. The van der Waals surface area contributed by atoms with Crippen LogP contribution >= 0.6 is 22.6 Å². The molecule has 1 heterocycles. The van der Waals surface area contributed by atoms with E-state index >= 15 is 0 Å². The molecule has 3 heteroatoms. The molecule has 0 saturated carbocycles. The van der Waals surface area contributed by atoms with E-state index in [1.165, 1.54) is 11.1 Å². The van der Waals surface area contributed by atoms with Crippen molar-refractivity contribution in [1.82, 2.24) is 4.98 Å². The summed E-state index contributed by atoms with van der Waals surface area (Å²) in [4.78, 5) is 4.01. The number of hydrogen-bond acceptors (Lipinski definition) is 2. The zero-order chi connectivity index (χ0) is 12.1. The first-order chi connectivity index (χ1) is 8.31. The smallest absolute Gasteiger partial charge is 0.0636 e. The zero-order valence-corrected chi connectivity index (χ0v) is 11.3. The van der Waals surface area contributed by atoms with Crippen molar-refractivity contribution in [2.45, 2.75) is 10.3 Å². The third-order valence-electron chi connectivity index (χ3n) is 2.53. The molecule has 0 saturated heterocycles. The zero-order valence-electron chi connectivity index (χ0n) is 9.18. The quantitative estimate of drug-likeness (QED) is 0.625. The van der Waals surface area contributed by atoms with E-state index < -0.39 is 0 Å². The summed E-state index contributed by atoms with van der Waals surface area (Å²) in [5.41, 5.74) is 3.52. The molecule has 0 radical (unpaired) electrons. The summed E-state index contributed by atoms with van der Waals surface area (Å²) in [6, 6.07) is 14.5. The molecule has 17 heavy (non-hydrogen) atoms. The van der Waals surface area contributed by atoms with E-state index in [1.807, 2.05) is 18.2 Å². The molecule has 0 fully saturated rings. The molecule has 2 aromatic rings. The van der Waals surface area contributed by atoms with Crippen LogP contribution in [0.5, 0.6) is 0 Å². The van der Waals surface area contributed by atoms with E-state index in [4.69, 9.17) is 5.26 Å². The van der Waals surface area contributed by atoms with E-state index in [9.17, 15) is 0 Å². The molecule has 1 aromatic heterocycles. The Bertz CT molecular complexity index is 531.